The highest BCUT2D eigenvalue weighted by molar-refractivity contribution is 5.80. The molecule has 0 radical (unpaired) electrons. The van der Waals surface area contributed by atoms with Gasteiger partial charge in [-0.05, 0) is 44.5 Å². The van der Waals surface area contributed by atoms with Crippen molar-refractivity contribution in [2.45, 2.75) is 45.4 Å². The normalized spacial score (nSPS) is 12.4. The maximum absolute atomic E-state index is 11.9. The van der Waals surface area contributed by atoms with E-state index in [4.69, 9.17) is 4.74 Å². The van der Waals surface area contributed by atoms with Gasteiger partial charge in [0.15, 0.2) is 0 Å². The number of carbonyl (C=O) groups excluding carboxylic acids is 1. The molecule has 0 spiro atoms. The zero-order valence-corrected chi connectivity index (χ0v) is 14.6. The number of alkyl carbamates (subject to hydrolysis) is 1. The van der Waals surface area contributed by atoms with Crippen LogP contribution in [0.3, 0.4) is 0 Å². The number of carbonyl (C=O) groups is 2. The van der Waals surface area contributed by atoms with Gasteiger partial charge in [0.25, 0.3) is 0 Å². The molecular formula is C18H23N3O4. The van der Waals surface area contributed by atoms with Crippen LogP contribution in [0.4, 0.5) is 4.79 Å². The van der Waals surface area contributed by atoms with E-state index in [0.717, 1.165) is 11.3 Å². The summed E-state index contributed by atoms with van der Waals surface area (Å²) in [6.45, 7) is 5.75. The van der Waals surface area contributed by atoms with Crippen LogP contribution in [0.2, 0.25) is 0 Å². The quantitative estimate of drug-likeness (QED) is 0.839. The number of carboxylic acids is 1. The first-order valence-electron chi connectivity index (χ1n) is 8.00. The smallest absolute Gasteiger partial charge is 0.408 e. The summed E-state index contributed by atoms with van der Waals surface area (Å²) in [7, 11) is 0. The van der Waals surface area contributed by atoms with Crippen LogP contribution >= 0.6 is 0 Å². The molecule has 0 saturated heterocycles. The minimum atomic E-state index is -1.11. The van der Waals surface area contributed by atoms with Crippen molar-refractivity contribution in [2.24, 2.45) is 0 Å². The number of ether oxygens (including phenoxy) is 1. The molecule has 2 rings (SSSR count). The van der Waals surface area contributed by atoms with E-state index in [1.165, 1.54) is 0 Å². The topological polar surface area (TPSA) is 93.5 Å². The molecule has 2 N–H and O–H groups in total. The van der Waals surface area contributed by atoms with E-state index in [1.54, 1.807) is 33.2 Å². The molecular weight excluding hydrogens is 322 g/mol. The van der Waals surface area contributed by atoms with Crippen LogP contribution in [0.15, 0.2) is 42.9 Å². The Morgan fingerprint density at radius 2 is 2.08 bits per heavy atom. The Bertz CT molecular complexity index is 719. The molecule has 0 bridgehead atoms. The second kappa shape index (κ2) is 7.83. The highest BCUT2D eigenvalue weighted by Gasteiger charge is 2.25. The van der Waals surface area contributed by atoms with Crippen LogP contribution in [0.1, 0.15) is 32.0 Å². The van der Waals surface area contributed by atoms with Crippen LogP contribution < -0.4 is 5.32 Å². The maximum atomic E-state index is 11.9. The van der Waals surface area contributed by atoms with Gasteiger partial charge >= 0.3 is 12.1 Å². The highest BCUT2D eigenvalue weighted by atomic mass is 16.6. The first kappa shape index (κ1) is 18.5. The Labute approximate surface area is 146 Å². The van der Waals surface area contributed by atoms with Crippen LogP contribution in [0, 0.1) is 0 Å². The Hall–Kier alpha value is -2.83. The molecule has 2 aromatic rings. The molecule has 2 aromatic heterocycles. The number of pyridine rings is 1. The summed E-state index contributed by atoms with van der Waals surface area (Å²) in [5.41, 5.74) is 1.12. The van der Waals surface area contributed by atoms with Crippen molar-refractivity contribution in [3.63, 3.8) is 0 Å². The number of carboxylic acid groups (broad SMARTS) is 1. The number of rotatable bonds is 6. The summed E-state index contributed by atoms with van der Waals surface area (Å²) in [6.07, 6.45) is 4.74. The monoisotopic (exact) mass is 345 g/mol. The van der Waals surface area contributed by atoms with Gasteiger partial charge in [0.1, 0.15) is 11.6 Å². The van der Waals surface area contributed by atoms with Gasteiger partial charge in [-0.2, -0.15) is 0 Å². The summed E-state index contributed by atoms with van der Waals surface area (Å²) in [5, 5.41) is 11.8. The predicted octanol–water partition coefficient (Wildman–Crippen LogP) is 2.45. The molecule has 0 aliphatic rings. The molecule has 7 nitrogen and oxygen atoms in total. The minimum Gasteiger partial charge on any atom is -0.480 e. The molecule has 1 unspecified atom stereocenters. The fourth-order valence-corrected chi connectivity index (χ4v) is 2.34. The van der Waals surface area contributed by atoms with Crippen molar-refractivity contribution in [1.29, 1.82) is 0 Å². The van der Waals surface area contributed by atoms with Crippen LogP contribution in [0.5, 0.6) is 0 Å². The number of aliphatic carboxylic acids is 1. The number of aromatic nitrogens is 2. The summed E-state index contributed by atoms with van der Waals surface area (Å²) < 4.78 is 7.07. The molecule has 134 valence electrons. The van der Waals surface area contributed by atoms with Crippen molar-refractivity contribution in [3.8, 4) is 0 Å². The standard InChI is InChI=1S/C18H23N3O4/c1-18(2,3)25-17(24)20-15(16(22)23)10-14-7-5-9-21(14)12-13-6-4-8-19-11-13/h4-9,11,15H,10,12H2,1-3H3,(H,20,24)(H,22,23). The molecule has 1 amide bonds. The average Bonchev–Trinajstić information content (AvgIpc) is 2.92. The number of hydrogen-bond donors (Lipinski definition) is 2. The average molecular weight is 345 g/mol. The Morgan fingerprint density at radius 1 is 1.32 bits per heavy atom. The second-order valence-electron chi connectivity index (χ2n) is 6.73. The Morgan fingerprint density at radius 3 is 2.68 bits per heavy atom. The first-order valence-corrected chi connectivity index (χ1v) is 8.00. The molecule has 7 heteroatoms. The van der Waals surface area contributed by atoms with E-state index >= 15 is 0 Å². The Balaban J connectivity index is 2.06. The number of nitrogens with zero attached hydrogens (tertiary/aromatic N) is 2. The molecule has 0 aliphatic carbocycles. The molecule has 2 heterocycles. The lowest BCUT2D eigenvalue weighted by molar-refractivity contribution is -0.139. The SMILES string of the molecule is CC(C)(C)OC(=O)NC(Cc1cccn1Cc1cccnc1)C(=O)O. The lowest BCUT2D eigenvalue weighted by atomic mass is 10.1. The fraction of sp³-hybridized carbons (Fsp3) is 0.389. The summed E-state index contributed by atoms with van der Waals surface area (Å²) in [4.78, 5) is 27.4. The molecule has 1 atom stereocenters. The third-order valence-electron chi connectivity index (χ3n) is 3.40. The summed E-state index contributed by atoms with van der Waals surface area (Å²) in [6, 6.07) is 6.41. The predicted molar refractivity (Wildman–Crippen MR) is 92.3 cm³/mol. The van der Waals surface area contributed by atoms with Gasteiger partial charge in [0, 0.05) is 37.3 Å². The maximum Gasteiger partial charge on any atom is 0.408 e. The van der Waals surface area contributed by atoms with Gasteiger partial charge < -0.3 is 19.7 Å². The number of hydrogen-bond acceptors (Lipinski definition) is 4. The van der Waals surface area contributed by atoms with E-state index in [-0.39, 0.29) is 6.42 Å². The van der Waals surface area contributed by atoms with Gasteiger partial charge in [-0.1, -0.05) is 6.07 Å². The van der Waals surface area contributed by atoms with Crippen LogP contribution in [-0.2, 0) is 22.5 Å². The van der Waals surface area contributed by atoms with E-state index in [9.17, 15) is 14.7 Å². The van der Waals surface area contributed by atoms with Crippen molar-refractivity contribution < 1.29 is 19.4 Å². The largest absolute Gasteiger partial charge is 0.480 e. The number of amides is 1. The number of nitrogens with one attached hydrogen (secondary N) is 1. The third-order valence-corrected chi connectivity index (χ3v) is 3.40. The van der Waals surface area contributed by atoms with Gasteiger partial charge in [0.2, 0.25) is 0 Å². The van der Waals surface area contributed by atoms with Gasteiger partial charge in [-0.3, -0.25) is 4.98 Å². The van der Waals surface area contributed by atoms with Crippen molar-refractivity contribution >= 4 is 12.1 Å². The van der Waals surface area contributed by atoms with Crippen molar-refractivity contribution in [1.82, 2.24) is 14.9 Å². The van der Waals surface area contributed by atoms with E-state index in [0.29, 0.717) is 6.54 Å². The zero-order chi connectivity index (χ0) is 18.4. The highest BCUT2D eigenvalue weighted by Crippen LogP contribution is 2.11. The van der Waals surface area contributed by atoms with Gasteiger partial charge in [-0.25, -0.2) is 9.59 Å². The summed E-state index contributed by atoms with van der Waals surface area (Å²) in [5.74, 6) is -1.11. The van der Waals surface area contributed by atoms with Crippen LogP contribution in [0.25, 0.3) is 0 Å². The summed E-state index contributed by atoms with van der Waals surface area (Å²) >= 11 is 0. The van der Waals surface area contributed by atoms with Crippen molar-refractivity contribution in [3.05, 3.63) is 54.1 Å². The van der Waals surface area contributed by atoms with E-state index < -0.39 is 23.7 Å². The lowest BCUT2D eigenvalue weighted by Gasteiger charge is -2.22. The van der Waals surface area contributed by atoms with Crippen LogP contribution in [-0.4, -0.2) is 38.4 Å². The van der Waals surface area contributed by atoms with Gasteiger partial charge in [0.05, 0.1) is 0 Å². The lowest BCUT2D eigenvalue weighted by Crippen LogP contribution is -2.45. The minimum absolute atomic E-state index is 0.155. The Kier molecular flexibility index (Phi) is 5.80. The third kappa shape index (κ3) is 5.95. The molecule has 0 aliphatic heterocycles. The first-order chi connectivity index (χ1) is 11.7. The van der Waals surface area contributed by atoms with E-state index in [2.05, 4.69) is 10.3 Å². The van der Waals surface area contributed by atoms with Gasteiger partial charge in [-0.15, -0.1) is 0 Å². The molecule has 0 saturated carbocycles. The molecule has 25 heavy (non-hydrogen) atoms. The van der Waals surface area contributed by atoms with Crippen molar-refractivity contribution in [2.75, 3.05) is 0 Å². The fourth-order valence-electron chi connectivity index (χ4n) is 2.34. The molecule has 0 fully saturated rings. The van der Waals surface area contributed by atoms with E-state index in [1.807, 2.05) is 35.0 Å². The molecule has 0 aromatic carbocycles. The second-order valence-corrected chi connectivity index (χ2v) is 6.73. The zero-order valence-electron chi connectivity index (χ0n) is 14.6.